The number of aromatic hydroxyl groups is 1. The summed E-state index contributed by atoms with van der Waals surface area (Å²) in [5.74, 6) is 1.05. The van der Waals surface area contributed by atoms with Crippen molar-refractivity contribution in [3.63, 3.8) is 0 Å². The molecule has 0 spiro atoms. The molecule has 1 aliphatic rings. The Morgan fingerprint density at radius 2 is 2.05 bits per heavy atom. The number of nitrogens with two attached hydrogens (primary N) is 1. The highest BCUT2D eigenvalue weighted by atomic mass is 32.2. The molecule has 0 amide bonds. The summed E-state index contributed by atoms with van der Waals surface area (Å²) in [5, 5.41) is 19.2. The molecule has 2 atom stereocenters. The first-order valence-electron chi connectivity index (χ1n) is 7.39. The maximum atomic E-state index is 9.83. The van der Waals surface area contributed by atoms with E-state index in [9.17, 15) is 5.11 Å². The van der Waals surface area contributed by atoms with Crippen LogP contribution in [-0.2, 0) is 11.8 Å². The third-order valence-electron chi connectivity index (χ3n) is 4.77. The molecule has 0 unspecified atom stereocenters. The second-order valence-electron chi connectivity index (χ2n) is 5.57. The molecule has 1 aliphatic carbocycles. The van der Waals surface area contributed by atoms with E-state index in [2.05, 4.69) is 13.8 Å². The van der Waals surface area contributed by atoms with Gasteiger partial charge >= 0.3 is 0 Å². The summed E-state index contributed by atoms with van der Waals surface area (Å²) in [4.78, 5) is 0. The summed E-state index contributed by atoms with van der Waals surface area (Å²) in [6.45, 7) is 4.55. The number of hydrogen-bond donors (Lipinski definition) is 3. The maximum absolute atomic E-state index is 9.83. The number of phenols is 1. The molecule has 0 aliphatic heterocycles. The van der Waals surface area contributed by atoms with Crippen LogP contribution >= 0.6 is 11.8 Å². The second kappa shape index (κ2) is 6.37. The molecule has 20 heavy (non-hydrogen) atoms. The van der Waals surface area contributed by atoms with Crippen LogP contribution in [0, 0.1) is 0 Å². The number of fused-ring (bicyclic) bond motifs is 1. The fourth-order valence-electron chi connectivity index (χ4n) is 3.55. The predicted octanol–water partition coefficient (Wildman–Crippen LogP) is 2.43. The van der Waals surface area contributed by atoms with Gasteiger partial charge in [0.15, 0.2) is 0 Å². The largest absolute Gasteiger partial charge is 0.508 e. The highest BCUT2D eigenvalue weighted by Crippen LogP contribution is 2.45. The Kier molecular flexibility index (Phi) is 4.99. The molecule has 0 heterocycles. The fourth-order valence-corrected chi connectivity index (χ4v) is 4.73. The van der Waals surface area contributed by atoms with E-state index in [-0.39, 0.29) is 18.1 Å². The van der Waals surface area contributed by atoms with Gasteiger partial charge in [-0.25, -0.2) is 0 Å². The van der Waals surface area contributed by atoms with Gasteiger partial charge in [0.2, 0.25) is 0 Å². The molecule has 1 aromatic rings. The Bertz CT molecular complexity index is 460. The van der Waals surface area contributed by atoms with Gasteiger partial charge in [-0.1, -0.05) is 19.9 Å². The maximum Gasteiger partial charge on any atom is 0.115 e. The zero-order valence-electron chi connectivity index (χ0n) is 12.3. The summed E-state index contributed by atoms with van der Waals surface area (Å²) in [5.41, 5.74) is 9.04. The van der Waals surface area contributed by atoms with Crippen LogP contribution in [0.4, 0.5) is 0 Å². The van der Waals surface area contributed by atoms with Crippen LogP contribution in [-0.4, -0.2) is 33.9 Å². The zero-order valence-corrected chi connectivity index (χ0v) is 13.1. The van der Waals surface area contributed by atoms with Crippen LogP contribution in [0.5, 0.6) is 5.75 Å². The van der Waals surface area contributed by atoms with Gasteiger partial charge in [0.05, 0.1) is 6.61 Å². The Morgan fingerprint density at radius 3 is 2.65 bits per heavy atom. The van der Waals surface area contributed by atoms with Crippen molar-refractivity contribution in [1.82, 2.24) is 0 Å². The van der Waals surface area contributed by atoms with Crippen LogP contribution in [0.25, 0.3) is 0 Å². The van der Waals surface area contributed by atoms with Gasteiger partial charge in [0.25, 0.3) is 0 Å². The molecule has 2 rings (SSSR count). The van der Waals surface area contributed by atoms with Crippen molar-refractivity contribution in [2.75, 3.05) is 12.4 Å². The lowest BCUT2D eigenvalue weighted by molar-refractivity contribution is 0.289. The third-order valence-corrected chi connectivity index (χ3v) is 6.08. The molecule has 1 aromatic carbocycles. The van der Waals surface area contributed by atoms with Crippen molar-refractivity contribution >= 4 is 11.8 Å². The van der Waals surface area contributed by atoms with Crippen molar-refractivity contribution in [3.05, 3.63) is 29.3 Å². The van der Waals surface area contributed by atoms with Gasteiger partial charge in [-0.15, -0.1) is 0 Å². The van der Waals surface area contributed by atoms with E-state index in [1.807, 2.05) is 12.1 Å². The van der Waals surface area contributed by atoms with Crippen molar-refractivity contribution in [3.8, 4) is 5.75 Å². The zero-order chi connectivity index (χ0) is 14.8. The van der Waals surface area contributed by atoms with E-state index >= 15 is 0 Å². The molecule has 0 saturated heterocycles. The summed E-state index contributed by atoms with van der Waals surface area (Å²) in [7, 11) is 0. The number of thioether (sulfide) groups is 1. The van der Waals surface area contributed by atoms with Crippen LogP contribution in [0.1, 0.15) is 37.8 Å². The molecule has 0 radical (unpaired) electrons. The number of hydrogen-bond acceptors (Lipinski definition) is 4. The fraction of sp³-hybridized carbons (Fsp3) is 0.625. The monoisotopic (exact) mass is 295 g/mol. The average molecular weight is 295 g/mol. The normalized spacial score (nSPS) is 24.4. The Labute approximate surface area is 125 Å². The van der Waals surface area contributed by atoms with Gasteiger partial charge in [-0.3, -0.25) is 0 Å². The van der Waals surface area contributed by atoms with Crippen molar-refractivity contribution in [1.29, 1.82) is 0 Å². The lowest BCUT2D eigenvalue weighted by Gasteiger charge is -2.47. The van der Waals surface area contributed by atoms with Gasteiger partial charge < -0.3 is 15.9 Å². The molecule has 0 aromatic heterocycles. The SMILES string of the molecule is CCC1(CC)c2cc(O)ccc2C[C@@H](SCCO)[C@@H]1N. The lowest BCUT2D eigenvalue weighted by atomic mass is 9.63. The highest BCUT2D eigenvalue weighted by Gasteiger charge is 2.44. The minimum absolute atomic E-state index is 0.0587. The molecule has 3 nitrogen and oxygen atoms in total. The summed E-state index contributed by atoms with van der Waals surface area (Å²) in [6.07, 6.45) is 2.86. The molecule has 4 N–H and O–H groups in total. The van der Waals surface area contributed by atoms with Crippen LogP contribution in [0.15, 0.2) is 18.2 Å². The number of rotatable bonds is 5. The predicted molar refractivity (Wildman–Crippen MR) is 85.4 cm³/mol. The lowest BCUT2D eigenvalue weighted by Crippen LogP contribution is -2.55. The first-order chi connectivity index (χ1) is 9.58. The number of aliphatic hydroxyl groups is 1. The first-order valence-corrected chi connectivity index (χ1v) is 8.44. The van der Waals surface area contributed by atoms with E-state index in [0.29, 0.717) is 11.0 Å². The van der Waals surface area contributed by atoms with E-state index in [1.165, 1.54) is 11.1 Å². The highest BCUT2D eigenvalue weighted by molar-refractivity contribution is 8.00. The van der Waals surface area contributed by atoms with Crippen molar-refractivity contribution < 1.29 is 10.2 Å². The number of aliphatic hydroxyl groups excluding tert-OH is 1. The minimum atomic E-state index is -0.0700. The summed E-state index contributed by atoms with van der Waals surface area (Å²) < 4.78 is 0. The molecule has 112 valence electrons. The summed E-state index contributed by atoms with van der Waals surface area (Å²) in [6, 6.07) is 5.75. The molecule has 0 bridgehead atoms. The third kappa shape index (κ3) is 2.57. The molecular weight excluding hydrogens is 270 g/mol. The standard InChI is InChI=1S/C16H25NO2S/c1-3-16(4-2)13-10-12(19)6-5-11(13)9-14(15(16)17)20-8-7-18/h5-6,10,14-15,18-19H,3-4,7-9,17H2,1-2H3/t14-,15+/m1/s1. The molecule has 4 heteroatoms. The van der Waals surface area contributed by atoms with Gasteiger partial charge in [0.1, 0.15) is 5.75 Å². The first kappa shape index (κ1) is 15.7. The average Bonchev–Trinajstić information content (AvgIpc) is 2.46. The van der Waals surface area contributed by atoms with Crippen LogP contribution in [0.3, 0.4) is 0 Å². The van der Waals surface area contributed by atoms with E-state index in [1.54, 1.807) is 17.8 Å². The number of benzene rings is 1. The molecule has 0 saturated carbocycles. The topological polar surface area (TPSA) is 66.5 Å². The Morgan fingerprint density at radius 1 is 1.35 bits per heavy atom. The summed E-state index contributed by atoms with van der Waals surface area (Å²) >= 11 is 1.77. The van der Waals surface area contributed by atoms with E-state index in [4.69, 9.17) is 10.8 Å². The molecule has 0 fully saturated rings. The minimum Gasteiger partial charge on any atom is -0.508 e. The van der Waals surface area contributed by atoms with Crippen LogP contribution in [0.2, 0.25) is 0 Å². The van der Waals surface area contributed by atoms with Gasteiger partial charge in [0, 0.05) is 22.5 Å². The number of phenolic OH excluding ortho intramolecular Hbond substituents is 1. The van der Waals surface area contributed by atoms with E-state index < -0.39 is 0 Å². The van der Waals surface area contributed by atoms with Gasteiger partial charge in [-0.2, -0.15) is 11.8 Å². The van der Waals surface area contributed by atoms with Gasteiger partial charge in [-0.05, 0) is 42.5 Å². The van der Waals surface area contributed by atoms with Crippen molar-refractivity contribution in [2.45, 2.75) is 49.8 Å². The smallest absolute Gasteiger partial charge is 0.115 e. The Balaban J connectivity index is 2.45. The Hall–Kier alpha value is -0.710. The quantitative estimate of drug-likeness (QED) is 0.780. The second-order valence-corrected chi connectivity index (χ2v) is 6.91. The van der Waals surface area contributed by atoms with E-state index in [0.717, 1.165) is 25.0 Å². The van der Waals surface area contributed by atoms with Crippen LogP contribution < -0.4 is 5.73 Å². The molecular formula is C16H25NO2S. The van der Waals surface area contributed by atoms with Crippen molar-refractivity contribution in [2.24, 2.45) is 5.73 Å².